The van der Waals surface area contributed by atoms with Crippen molar-refractivity contribution >= 4 is 11.8 Å². The Morgan fingerprint density at radius 2 is 2.17 bits per heavy atom. The van der Waals surface area contributed by atoms with E-state index in [1.54, 1.807) is 18.5 Å². The first-order valence-corrected chi connectivity index (χ1v) is 9.36. The summed E-state index contributed by atoms with van der Waals surface area (Å²) in [5, 5.41) is 7.32. The predicted octanol–water partition coefficient (Wildman–Crippen LogP) is 2.74. The van der Waals surface area contributed by atoms with E-state index >= 15 is 0 Å². The van der Waals surface area contributed by atoms with Crippen molar-refractivity contribution in [1.82, 2.24) is 15.4 Å². The summed E-state index contributed by atoms with van der Waals surface area (Å²) >= 11 is 0. The summed E-state index contributed by atoms with van der Waals surface area (Å²) in [6.45, 7) is 13.1. The number of hydroxylamine groups is 1. The number of aromatic nitrogens is 2. The molecule has 9 heteroatoms. The van der Waals surface area contributed by atoms with Gasteiger partial charge in [0.2, 0.25) is 17.4 Å². The maximum absolute atomic E-state index is 12.4. The Kier molecular flexibility index (Phi) is 8.03. The Morgan fingerprint density at radius 1 is 1.53 bits per heavy atom. The number of fused-ring (bicyclic) bond motifs is 3. The molecule has 0 saturated heterocycles. The van der Waals surface area contributed by atoms with Crippen molar-refractivity contribution < 1.29 is 25.6 Å². The van der Waals surface area contributed by atoms with Gasteiger partial charge in [0.15, 0.2) is 5.78 Å². The maximum Gasteiger partial charge on any atom is 0.376 e. The number of hydrogen-bond donors (Lipinski definition) is 2. The third kappa shape index (κ3) is 4.35. The number of allylic oxidation sites excluding steroid dienone is 2. The van der Waals surface area contributed by atoms with Crippen molar-refractivity contribution in [2.24, 2.45) is 11.8 Å². The lowest BCUT2D eigenvalue weighted by atomic mass is 9.58. The average molecular weight is 421 g/mol. The third-order valence-electron chi connectivity index (χ3n) is 5.43. The van der Waals surface area contributed by atoms with Crippen LogP contribution in [0.3, 0.4) is 0 Å². The fourth-order valence-electron chi connectivity index (χ4n) is 4.17. The number of hydrogen-bond acceptors (Lipinski definition) is 8. The smallest absolute Gasteiger partial charge is 0.376 e. The van der Waals surface area contributed by atoms with Gasteiger partial charge in [0.05, 0.1) is 26.0 Å². The fourth-order valence-corrected chi connectivity index (χ4v) is 4.17. The van der Waals surface area contributed by atoms with E-state index in [1.165, 1.54) is 21.6 Å². The number of nitrogens with zero attached hydrogens (tertiary/aromatic N) is 3. The van der Waals surface area contributed by atoms with Gasteiger partial charge in [0, 0.05) is 25.3 Å². The van der Waals surface area contributed by atoms with E-state index < -0.39 is 11.4 Å². The third-order valence-corrected chi connectivity index (χ3v) is 5.43. The molecule has 0 spiro atoms. The van der Waals surface area contributed by atoms with Gasteiger partial charge in [-0.25, -0.2) is 20.1 Å². The van der Waals surface area contributed by atoms with Crippen LogP contribution < -0.4 is 10.2 Å². The molecule has 1 heterocycles. The largest absolute Gasteiger partial charge is 0.481 e. The molecule has 30 heavy (non-hydrogen) atoms. The molecule has 1 aromatic rings. The van der Waals surface area contributed by atoms with E-state index in [1.807, 2.05) is 13.8 Å². The quantitative estimate of drug-likeness (QED) is 0.436. The fraction of sp³-hybridized carbons (Fsp3) is 0.571. The molecule has 0 aliphatic heterocycles. The van der Waals surface area contributed by atoms with Crippen LogP contribution in [-0.2, 0) is 21.4 Å². The van der Waals surface area contributed by atoms with Gasteiger partial charge in [0.1, 0.15) is 0 Å². The molecular weight excluding hydrogens is 388 g/mol. The Labute approximate surface area is 178 Å². The normalized spacial score (nSPS) is 24.1. The van der Waals surface area contributed by atoms with Gasteiger partial charge in [-0.3, -0.25) is 0 Å². The minimum absolute atomic E-state index is 0.00246. The van der Waals surface area contributed by atoms with E-state index in [2.05, 4.69) is 14.8 Å². The van der Waals surface area contributed by atoms with E-state index in [9.17, 15) is 9.59 Å². The van der Waals surface area contributed by atoms with Crippen LogP contribution in [0.5, 0.6) is 5.88 Å². The van der Waals surface area contributed by atoms with Crippen molar-refractivity contribution in [2.75, 3.05) is 20.8 Å². The standard InChI is InChI=1S/C19H21N3O4.CH5NO.CH4/c1-6-26-18(24)16-21-15-11(17(22-16)25-5)7-8-12-10(2)14(23)13(20-4)9-19(12,15)3;1-2-3;/h9-10,12H,6-8H2,1-3,5H3;2-3H,1H3;1H4/t10-,12-,19-;;/m0../s1/i;;1T. The number of nitrogens with one attached hydrogen (secondary N) is 1. The first-order valence-electron chi connectivity index (χ1n) is 10.4. The number of rotatable bonds is 3. The minimum atomic E-state index is -0.641. The zero-order chi connectivity index (χ0) is 23.8. The van der Waals surface area contributed by atoms with Crippen molar-refractivity contribution in [3.05, 3.63) is 40.3 Å². The van der Waals surface area contributed by atoms with Crippen LogP contribution in [-0.4, -0.2) is 47.7 Å². The Morgan fingerprint density at radius 3 is 2.70 bits per heavy atom. The Hall–Kier alpha value is -2.83. The molecule has 3 atom stereocenters. The predicted molar refractivity (Wildman–Crippen MR) is 110 cm³/mol. The van der Waals surface area contributed by atoms with Crippen molar-refractivity contribution in [1.29, 1.82) is 0 Å². The Balaban J connectivity index is 0.000000884. The number of methoxy groups -OCH3 is 1. The van der Waals surface area contributed by atoms with Gasteiger partial charge in [-0.05, 0) is 25.7 Å². The van der Waals surface area contributed by atoms with Crippen LogP contribution in [0, 0.1) is 18.4 Å². The molecule has 164 valence electrons. The van der Waals surface area contributed by atoms with Gasteiger partial charge in [-0.2, -0.15) is 4.98 Å². The number of carbonyl (C=O) groups excluding carboxylic acids is 2. The van der Waals surface area contributed by atoms with Gasteiger partial charge >= 0.3 is 5.97 Å². The lowest BCUT2D eigenvalue weighted by Gasteiger charge is -2.45. The monoisotopic (exact) mass is 420 g/mol. The molecule has 1 aromatic heterocycles. The molecule has 0 saturated carbocycles. The highest BCUT2D eigenvalue weighted by Crippen LogP contribution is 2.50. The molecule has 0 fully saturated rings. The van der Waals surface area contributed by atoms with Crippen LogP contribution in [0.25, 0.3) is 4.85 Å². The molecule has 2 aliphatic rings. The molecule has 9 nitrogen and oxygen atoms in total. The van der Waals surface area contributed by atoms with Gasteiger partial charge in [-0.1, -0.05) is 27.3 Å². The molecule has 3 rings (SSSR count). The summed E-state index contributed by atoms with van der Waals surface area (Å²) in [6, 6.07) is 0. The minimum Gasteiger partial charge on any atom is -0.481 e. The zero-order valence-electron chi connectivity index (χ0n) is 19.3. The van der Waals surface area contributed by atoms with Gasteiger partial charge in [0.25, 0.3) is 0 Å². The number of ether oxygens (including phenoxy) is 2. The number of carbonyl (C=O) groups is 2. The van der Waals surface area contributed by atoms with Crippen LogP contribution in [0.15, 0.2) is 11.8 Å². The summed E-state index contributed by atoms with van der Waals surface area (Å²) in [5.41, 5.74) is 2.70. The van der Waals surface area contributed by atoms with Crippen LogP contribution >= 0.6 is 0 Å². The van der Waals surface area contributed by atoms with Gasteiger partial charge in [-0.15, -0.1) is 0 Å². The summed E-state index contributed by atoms with van der Waals surface area (Å²) in [7, 11) is 4.18. The molecule has 0 radical (unpaired) electrons. The van der Waals surface area contributed by atoms with E-state index in [0.717, 1.165) is 12.0 Å². The lowest BCUT2D eigenvalue weighted by Crippen LogP contribution is -2.46. The molecule has 0 bridgehead atoms. The van der Waals surface area contributed by atoms with E-state index in [-0.39, 0.29) is 35.7 Å². The summed E-state index contributed by atoms with van der Waals surface area (Å²) < 4.78 is 16.2. The highest BCUT2D eigenvalue weighted by Gasteiger charge is 2.49. The van der Waals surface area contributed by atoms with Crippen molar-refractivity contribution in [3.8, 4) is 5.88 Å². The topological polar surface area (TPSA) is 115 Å². The summed E-state index contributed by atoms with van der Waals surface area (Å²) in [4.78, 5) is 36.7. The highest BCUT2D eigenvalue weighted by molar-refractivity contribution is 6.00. The molecule has 2 aliphatic carbocycles. The second-order valence-electron chi connectivity index (χ2n) is 7.05. The van der Waals surface area contributed by atoms with Gasteiger partial charge < -0.3 is 19.5 Å². The lowest BCUT2D eigenvalue weighted by molar-refractivity contribution is -0.121. The van der Waals surface area contributed by atoms with E-state index in [0.29, 0.717) is 18.0 Å². The molecule has 2 N–H and O–H groups in total. The zero-order valence-corrected chi connectivity index (χ0v) is 18.3. The van der Waals surface area contributed by atoms with Crippen LogP contribution in [0.2, 0.25) is 0 Å². The molecule has 0 unspecified atom stereocenters. The number of ketones is 1. The number of esters is 1. The summed E-state index contributed by atoms with van der Waals surface area (Å²) in [5.74, 6) is -0.741. The van der Waals surface area contributed by atoms with E-state index in [4.69, 9.17) is 22.6 Å². The highest BCUT2D eigenvalue weighted by atomic mass is 16.5. The molecule has 0 aromatic carbocycles. The second-order valence-corrected chi connectivity index (χ2v) is 7.05. The molecular formula is C21H30N4O5. The molecule has 0 amide bonds. The SMILES string of the molecule is CNO.[3H]C.[C-]#[N+]C1=C[C@]2(C)c3nc(C(=O)OCC)nc(OC)c3CC[C@H]2[C@H](C)C1=O. The van der Waals surface area contributed by atoms with Crippen molar-refractivity contribution in [3.63, 3.8) is 0 Å². The average Bonchev–Trinajstić information content (AvgIpc) is 2.77. The van der Waals surface area contributed by atoms with Crippen molar-refractivity contribution in [2.45, 2.75) is 46.4 Å². The Bertz CT molecular complexity index is 883. The maximum atomic E-state index is 12.4. The van der Waals surface area contributed by atoms with Crippen LogP contribution in [0.1, 0.15) is 57.8 Å². The number of Topliss-reactive ketones (excluding diaryl/α,β-unsaturated/α-hetero) is 1. The second kappa shape index (κ2) is 10.3. The first-order chi connectivity index (χ1) is 14.8. The first kappa shape index (κ1) is 23.4. The summed E-state index contributed by atoms with van der Waals surface area (Å²) in [6.07, 6.45) is 3.11. The van der Waals surface area contributed by atoms with Crippen LogP contribution in [0.4, 0.5) is 0 Å².